The van der Waals surface area contributed by atoms with Crippen LogP contribution in [0.4, 0.5) is 0 Å². The summed E-state index contributed by atoms with van der Waals surface area (Å²) < 4.78 is 5.29. The lowest BCUT2D eigenvalue weighted by Crippen LogP contribution is -2.26. The Morgan fingerprint density at radius 3 is 2.28 bits per heavy atom. The molecule has 0 aromatic heterocycles. The van der Waals surface area contributed by atoms with E-state index >= 15 is 0 Å². The van der Waals surface area contributed by atoms with Crippen molar-refractivity contribution in [3.8, 4) is 11.8 Å². The highest BCUT2D eigenvalue weighted by Gasteiger charge is 2.01. The molecule has 0 spiro atoms. The van der Waals surface area contributed by atoms with E-state index < -0.39 is 0 Å². The fraction of sp³-hybridized carbons (Fsp3) is 0.867. The van der Waals surface area contributed by atoms with Crippen molar-refractivity contribution in [1.82, 2.24) is 4.90 Å². The van der Waals surface area contributed by atoms with Gasteiger partial charge in [-0.05, 0) is 32.9 Å². The van der Waals surface area contributed by atoms with Crippen molar-refractivity contribution in [1.29, 1.82) is 0 Å². The lowest BCUT2D eigenvalue weighted by molar-refractivity contribution is 0.0687. The Hall–Kier alpha value is -0.560. The van der Waals surface area contributed by atoms with Crippen LogP contribution in [0.15, 0.2) is 0 Å². The smallest absolute Gasteiger partial charge is 0.115 e. The van der Waals surface area contributed by atoms with E-state index in [0.717, 1.165) is 19.6 Å². The molecule has 0 aromatic carbocycles. The fourth-order valence-corrected chi connectivity index (χ4v) is 1.61. The average Bonchev–Trinajstić information content (AvgIpc) is 2.38. The van der Waals surface area contributed by atoms with Gasteiger partial charge in [0.15, 0.2) is 0 Å². The number of aliphatic hydroxyl groups excluding tert-OH is 1. The lowest BCUT2D eigenvalue weighted by Gasteiger charge is -2.18. The first-order valence-corrected chi connectivity index (χ1v) is 7.17. The van der Waals surface area contributed by atoms with Crippen molar-refractivity contribution in [3.63, 3.8) is 0 Å². The minimum atomic E-state index is -0.0867. The second kappa shape index (κ2) is 12.9. The van der Waals surface area contributed by atoms with E-state index in [9.17, 15) is 0 Å². The van der Waals surface area contributed by atoms with Crippen LogP contribution in [-0.4, -0.2) is 49.0 Å². The number of rotatable bonds is 10. The van der Waals surface area contributed by atoms with Gasteiger partial charge in [0.05, 0.1) is 19.8 Å². The molecule has 0 aromatic rings. The quantitative estimate of drug-likeness (QED) is 0.608. The largest absolute Gasteiger partial charge is 0.394 e. The molecule has 1 N–H and O–H groups in total. The minimum Gasteiger partial charge on any atom is -0.394 e. The van der Waals surface area contributed by atoms with Crippen LogP contribution in [0.25, 0.3) is 0 Å². The molecule has 0 rings (SSSR count). The summed E-state index contributed by atoms with van der Waals surface area (Å²) in [6.45, 7) is 9.88. The molecule has 3 nitrogen and oxygen atoms in total. The second-order valence-corrected chi connectivity index (χ2v) is 4.54. The van der Waals surface area contributed by atoms with Crippen molar-refractivity contribution in [2.24, 2.45) is 0 Å². The highest BCUT2D eigenvalue weighted by atomic mass is 16.5. The molecule has 0 aliphatic carbocycles. The Morgan fingerprint density at radius 1 is 1.17 bits per heavy atom. The molecule has 3 heteroatoms. The Bertz CT molecular complexity index is 224. The van der Waals surface area contributed by atoms with E-state index in [1.807, 2.05) is 6.92 Å². The maximum atomic E-state index is 8.64. The van der Waals surface area contributed by atoms with E-state index in [0.29, 0.717) is 6.61 Å². The van der Waals surface area contributed by atoms with Crippen LogP contribution < -0.4 is 0 Å². The van der Waals surface area contributed by atoms with E-state index in [2.05, 4.69) is 30.6 Å². The molecule has 0 radical (unpaired) electrons. The third kappa shape index (κ3) is 10.6. The van der Waals surface area contributed by atoms with Crippen molar-refractivity contribution in [3.05, 3.63) is 0 Å². The van der Waals surface area contributed by atoms with Gasteiger partial charge in [0.1, 0.15) is 6.10 Å². The first-order valence-electron chi connectivity index (χ1n) is 7.17. The maximum Gasteiger partial charge on any atom is 0.115 e. The molecule has 106 valence electrons. The number of unbranched alkanes of at least 4 members (excludes halogenated alkanes) is 2. The van der Waals surface area contributed by atoms with Gasteiger partial charge in [-0.2, -0.15) is 0 Å². The number of nitrogens with zero attached hydrogens (tertiary/aromatic N) is 1. The zero-order chi connectivity index (χ0) is 13.6. The predicted octanol–water partition coefficient (Wildman–Crippen LogP) is 2.29. The van der Waals surface area contributed by atoms with E-state index in [4.69, 9.17) is 9.84 Å². The van der Waals surface area contributed by atoms with E-state index in [-0.39, 0.29) is 12.7 Å². The molecule has 0 saturated carbocycles. The molecule has 0 amide bonds. The van der Waals surface area contributed by atoms with Crippen molar-refractivity contribution in [2.75, 3.05) is 32.8 Å². The van der Waals surface area contributed by atoms with Crippen LogP contribution in [-0.2, 0) is 4.74 Å². The van der Waals surface area contributed by atoms with Crippen LogP contribution in [0.5, 0.6) is 0 Å². The average molecular weight is 255 g/mol. The molecule has 0 heterocycles. The van der Waals surface area contributed by atoms with Crippen LogP contribution in [0.2, 0.25) is 0 Å². The molecule has 0 aliphatic rings. The van der Waals surface area contributed by atoms with Crippen LogP contribution in [0.1, 0.15) is 46.5 Å². The zero-order valence-corrected chi connectivity index (χ0v) is 12.2. The minimum absolute atomic E-state index is 0.0607. The summed E-state index contributed by atoms with van der Waals surface area (Å²) in [7, 11) is 0. The molecule has 18 heavy (non-hydrogen) atoms. The first-order chi connectivity index (χ1) is 8.74. The molecule has 0 unspecified atom stereocenters. The number of hydrogen-bond donors (Lipinski definition) is 1. The van der Waals surface area contributed by atoms with Gasteiger partial charge in [0.25, 0.3) is 0 Å². The number of aliphatic hydroxyl groups is 1. The van der Waals surface area contributed by atoms with Crippen LogP contribution in [0.3, 0.4) is 0 Å². The van der Waals surface area contributed by atoms with Gasteiger partial charge in [-0.25, -0.2) is 0 Å². The molecule has 1 atom stereocenters. The molecule has 0 bridgehead atoms. The van der Waals surface area contributed by atoms with Gasteiger partial charge in [0, 0.05) is 0 Å². The summed E-state index contributed by atoms with van der Waals surface area (Å²) in [6.07, 6.45) is 4.85. The molecule has 0 saturated heterocycles. The standard InChI is InChI=1S/C15H29NO2/c1-4-6-10-16(11-7-5-2)12-8-9-15(3)18-14-13-17/h15,17H,4-7,10-14H2,1-3H3/t15-/m0/s1. The molecular weight excluding hydrogens is 226 g/mol. The summed E-state index contributed by atoms with van der Waals surface area (Å²) in [5, 5.41) is 8.64. The van der Waals surface area contributed by atoms with Gasteiger partial charge in [-0.15, -0.1) is 0 Å². The Morgan fingerprint density at radius 2 is 1.78 bits per heavy atom. The van der Waals surface area contributed by atoms with Gasteiger partial charge >= 0.3 is 0 Å². The topological polar surface area (TPSA) is 32.7 Å². The molecule has 0 fully saturated rings. The third-order valence-electron chi connectivity index (χ3n) is 2.72. The van der Waals surface area contributed by atoms with Crippen molar-refractivity contribution >= 4 is 0 Å². The number of ether oxygens (including phenoxy) is 1. The SMILES string of the molecule is CCCCN(CC#C[C@H](C)OCCO)CCCC. The van der Waals surface area contributed by atoms with Crippen molar-refractivity contribution < 1.29 is 9.84 Å². The Kier molecular flexibility index (Phi) is 12.5. The second-order valence-electron chi connectivity index (χ2n) is 4.54. The highest BCUT2D eigenvalue weighted by Crippen LogP contribution is 1.98. The van der Waals surface area contributed by atoms with Crippen LogP contribution in [0, 0.1) is 11.8 Å². The Labute approximate surface area is 113 Å². The summed E-state index contributed by atoms with van der Waals surface area (Å²) >= 11 is 0. The fourth-order valence-electron chi connectivity index (χ4n) is 1.61. The van der Waals surface area contributed by atoms with E-state index in [1.165, 1.54) is 25.7 Å². The number of hydrogen-bond acceptors (Lipinski definition) is 3. The summed E-state index contributed by atoms with van der Waals surface area (Å²) in [5.74, 6) is 6.26. The summed E-state index contributed by atoms with van der Waals surface area (Å²) in [6, 6.07) is 0. The van der Waals surface area contributed by atoms with Gasteiger partial charge < -0.3 is 9.84 Å². The van der Waals surface area contributed by atoms with Gasteiger partial charge in [-0.1, -0.05) is 38.5 Å². The van der Waals surface area contributed by atoms with Crippen LogP contribution >= 0.6 is 0 Å². The zero-order valence-electron chi connectivity index (χ0n) is 12.2. The third-order valence-corrected chi connectivity index (χ3v) is 2.72. The summed E-state index contributed by atoms with van der Waals surface area (Å²) in [4.78, 5) is 2.42. The summed E-state index contributed by atoms with van der Waals surface area (Å²) in [5.41, 5.74) is 0. The molecule has 0 aliphatic heterocycles. The predicted molar refractivity (Wildman–Crippen MR) is 76.5 cm³/mol. The van der Waals surface area contributed by atoms with Gasteiger partial charge in [-0.3, -0.25) is 4.90 Å². The molecular formula is C15H29NO2. The van der Waals surface area contributed by atoms with Gasteiger partial charge in [0.2, 0.25) is 0 Å². The first kappa shape index (κ1) is 17.4. The van der Waals surface area contributed by atoms with Crippen molar-refractivity contribution in [2.45, 2.75) is 52.6 Å². The van der Waals surface area contributed by atoms with E-state index in [1.54, 1.807) is 0 Å². The lowest BCUT2D eigenvalue weighted by atomic mass is 10.2. The normalized spacial score (nSPS) is 12.3. The maximum absolute atomic E-state index is 8.64. The monoisotopic (exact) mass is 255 g/mol. The highest BCUT2D eigenvalue weighted by molar-refractivity contribution is 5.05. The Balaban J connectivity index is 3.94.